The van der Waals surface area contributed by atoms with Gasteiger partial charge in [0, 0.05) is 10.9 Å². The second-order valence-electron chi connectivity index (χ2n) is 5.48. The average molecular weight is 434 g/mol. The molecule has 8 heteroatoms. The molecule has 0 aromatic heterocycles. The Morgan fingerprint density at radius 1 is 1.23 bits per heavy atom. The first-order chi connectivity index (χ1) is 12.5. The number of imide groups is 1. The third-order valence-electron chi connectivity index (χ3n) is 3.76. The molecule has 1 fully saturated rings. The van der Waals surface area contributed by atoms with Crippen LogP contribution in [0.1, 0.15) is 6.42 Å². The molecule has 2 aromatic rings. The molecular weight excluding hydrogens is 418 g/mol. The number of methoxy groups -OCH3 is 1. The van der Waals surface area contributed by atoms with Crippen molar-refractivity contribution in [2.24, 2.45) is 10.7 Å². The Labute approximate surface area is 163 Å². The van der Waals surface area contributed by atoms with E-state index in [2.05, 4.69) is 20.9 Å². The van der Waals surface area contributed by atoms with Gasteiger partial charge in [-0.2, -0.15) is 0 Å². The molecule has 0 spiro atoms. The molecule has 2 amide bonds. The summed E-state index contributed by atoms with van der Waals surface area (Å²) >= 11 is 4.45. The van der Waals surface area contributed by atoms with Crippen LogP contribution in [0.25, 0.3) is 0 Å². The van der Waals surface area contributed by atoms with E-state index in [1.807, 2.05) is 12.1 Å². The lowest BCUT2D eigenvalue weighted by Gasteiger charge is -2.17. The highest BCUT2D eigenvalue weighted by molar-refractivity contribution is 9.10. The van der Waals surface area contributed by atoms with Gasteiger partial charge in [0.1, 0.15) is 11.0 Å². The van der Waals surface area contributed by atoms with E-state index in [1.54, 1.807) is 36.4 Å². The van der Waals surface area contributed by atoms with Gasteiger partial charge in [-0.05, 0) is 36.4 Å². The van der Waals surface area contributed by atoms with Gasteiger partial charge in [-0.15, -0.1) is 0 Å². The van der Waals surface area contributed by atoms with Gasteiger partial charge in [0.15, 0.2) is 5.17 Å². The summed E-state index contributed by atoms with van der Waals surface area (Å²) in [5, 5.41) is -0.369. The van der Waals surface area contributed by atoms with Gasteiger partial charge in [0.25, 0.3) is 0 Å². The maximum atomic E-state index is 12.7. The standard InChI is InChI=1S/C18H16BrN3O3S/c1-25-14-5-3-2-4-13(14)22-16(23)10-15(17(22)24)26-18(20)21-12-8-6-11(19)7-9-12/h2-9,15H,10H2,1H3,(H2,20,21)/t15-/m1/s1. The van der Waals surface area contributed by atoms with Crippen molar-refractivity contribution in [3.63, 3.8) is 0 Å². The Balaban J connectivity index is 1.77. The first-order valence-corrected chi connectivity index (χ1v) is 9.43. The van der Waals surface area contributed by atoms with E-state index in [1.165, 1.54) is 7.11 Å². The summed E-state index contributed by atoms with van der Waals surface area (Å²) in [7, 11) is 1.50. The number of hydrogen-bond donors (Lipinski definition) is 1. The van der Waals surface area contributed by atoms with Crippen molar-refractivity contribution >= 4 is 56.0 Å². The van der Waals surface area contributed by atoms with Crippen LogP contribution in [0.2, 0.25) is 0 Å². The number of nitrogens with two attached hydrogens (primary N) is 1. The minimum absolute atomic E-state index is 0.0676. The first-order valence-electron chi connectivity index (χ1n) is 7.76. The molecule has 0 bridgehead atoms. The maximum absolute atomic E-state index is 12.7. The number of benzene rings is 2. The summed E-state index contributed by atoms with van der Waals surface area (Å²) in [6, 6.07) is 14.2. The molecule has 1 aliphatic rings. The number of ether oxygens (including phenoxy) is 1. The van der Waals surface area contributed by atoms with Gasteiger partial charge >= 0.3 is 0 Å². The van der Waals surface area contributed by atoms with Crippen LogP contribution in [0, 0.1) is 0 Å². The Bertz CT molecular complexity index is 870. The molecule has 0 saturated carbocycles. The van der Waals surface area contributed by atoms with Crippen molar-refractivity contribution in [2.75, 3.05) is 12.0 Å². The smallest absolute Gasteiger partial charge is 0.248 e. The molecule has 6 nitrogen and oxygen atoms in total. The predicted molar refractivity (Wildman–Crippen MR) is 107 cm³/mol. The molecular formula is C18H16BrN3O3S. The number of anilines is 1. The number of carbonyl (C=O) groups is 2. The number of rotatable bonds is 4. The third kappa shape index (κ3) is 3.91. The van der Waals surface area contributed by atoms with Crippen LogP contribution < -0.4 is 15.4 Å². The number of amides is 2. The van der Waals surface area contributed by atoms with E-state index >= 15 is 0 Å². The van der Waals surface area contributed by atoms with E-state index in [0.29, 0.717) is 17.1 Å². The topological polar surface area (TPSA) is 85.0 Å². The lowest BCUT2D eigenvalue weighted by molar-refractivity contribution is -0.121. The molecule has 0 aliphatic carbocycles. The number of hydrogen-bond acceptors (Lipinski definition) is 5. The van der Waals surface area contributed by atoms with Crippen LogP contribution in [-0.4, -0.2) is 29.3 Å². The Kier molecular flexibility index (Phi) is 5.63. The van der Waals surface area contributed by atoms with Crippen molar-refractivity contribution in [2.45, 2.75) is 11.7 Å². The van der Waals surface area contributed by atoms with E-state index in [-0.39, 0.29) is 23.4 Å². The van der Waals surface area contributed by atoms with Gasteiger partial charge < -0.3 is 10.5 Å². The van der Waals surface area contributed by atoms with Gasteiger partial charge in [0.2, 0.25) is 11.8 Å². The van der Waals surface area contributed by atoms with Crippen LogP contribution >= 0.6 is 27.7 Å². The van der Waals surface area contributed by atoms with Crippen molar-refractivity contribution in [3.8, 4) is 5.75 Å². The molecule has 134 valence electrons. The highest BCUT2D eigenvalue weighted by atomic mass is 79.9. The number of carbonyl (C=O) groups excluding carboxylic acids is 2. The lowest BCUT2D eigenvalue weighted by Crippen LogP contribution is -2.32. The van der Waals surface area contributed by atoms with Crippen LogP contribution in [0.5, 0.6) is 5.75 Å². The fourth-order valence-corrected chi connectivity index (χ4v) is 3.72. The third-order valence-corrected chi connectivity index (χ3v) is 5.27. The second kappa shape index (κ2) is 7.92. The summed E-state index contributed by atoms with van der Waals surface area (Å²) in [6.45, 7) is 0. The highest BCUT2D eigenvalue weighted by Crippen LogP contribution is 2.35. The van der Waals surface area contributed by atoms with E-state index in [0.717, 1.165) is 21.1 Å². The lowest BCUT2D eigenvalue weighted by atomic mass is 10.2. The molecule has 0 radical (unpaired) electrons. The Morgan fingerprint density at radius 3 is 2.62 bits per heavy atom. The molecule has 26 heavy (non-hydrogen) atoms. The number of nitrogens with zero attached hydrogens (tertiary/aromatic N) is 2. The number of amidine groups is 1. The van der Waals surface area contributed by atoms with Crippen LogP contribution in [-0.2, 0) is 9.59 Å². The first kappa shape index (κ1) is 18.5. The number of para-hydroxylation sites is 2. The average Bonchev–Trinajstić information content (AvgIpc) is 2.90. The van der Waals surface area contributed by atoms with E-state index in [9.17, 15) is 9.59 Å². The molecule has 2 N–H and O–H groups in total. The second-order valence-corrected chi connectivity index (χ2v) is 7.62. The zero-order valence-electron chi connectivity index (χ0n) is 13.9. The molecule has 1 atom stereocenters. The van der Waals surface area contributed by atoms with Gasteiger partial charge in [0.05, 0.1) is 18.5 Å². The summed E-state index contributed by atoms with van der Waals surface area (Å²) in [6.07, 6.45) is 0.0676. The fraction of sp³-hybridized carbons (Fsp3) is 0.167. The molecule has 0 unspecified atom stereocenters. The van der Waals surface area contributed by atoms with E-state index in [4.69, 9.17) is 10.5 Å². The summed E-state index contributed by atoms with van der Waals surface area (Å²) in [5.41, 5.74) is 7.08. The molecule has 1 saturated heterocycles. The summed E-state index contributed by atoms with van der Waals surface area (Å²) < 4.78 is 6.19. The molecule has 1 heterocycles. The Hall–Kier alpha value is -2.32. The van der Waals surface area contributed by atoms with Gasteiger partial charge in [-0.25, -0.2) is 9.89 Å². The van der Waals surface area contributed by atoms with Crippen molar-refractivity contribution in [1.29, 1.82) is 0 Å². The molecule has 3 rings (SSSR count). The minimum Gasteiger partial charge on any atom is -0.495 e. The largest absolute Gasteiger partial charge is 0.495 e. The van der Waals surface area contributed by atoms with Crippen LogP contribution in [0.4, 0.5) is 11.4 Å². The molecule has 2 aromatic carbocycles. The summed E-state index contributed by atoms with van der Waals surface area (Å²) in [4.78, 5) is 30.6. The molecule has 1 aliphatic heterocycles. The normalized spacial score (nSPS) is 17.7. The van der Waals surface area contributed by atoms with Gasteiger partial charge in [-0.1, -0.05) is 39.8 Å². The van der Waals surface area contributed by atoms with Crippen molar-refractivity contribution in [3.05, 3.63) is 53.0 Å². The number of halogens is 1. The van der Waals surface area contributed by atoms with Gasteiger partial charge in [-0.3, -0.25) is 9.59 Å². The monoisotopic (exact) mass is 433 g/mol. The quantitative estimate of drug-likeness (QED) is 0.453. The van der Waals surface area contributed by atoms with Crippen molar-refractivity contribution < 1.29 is 14.3 Å². The van der Waals surface area contributed by atoms with Crippen LogP contribution in [0.15, 0.2) is 58.0 Å². The summed E-state index contributed by atoms with van der Waals surface area (Å²) in [5.74, 6) is -0.136. The Morgan fingerprint density at radius 2 is 1.92 bits per heavy atom. The predicted octanol–water partition coefficient (Wildman–Crippen LogP) is 3.47. The minimum atomic E-state index is -0.605. The zero-order valence-corrected chi connectivity index (χ0v) is 16.3. The fourth-order valence-electron chi connectivity index (χ4n) is 2.58. The maximum Gasteiger partial charge on any atom is 0.248 e. The van der Waals surface area contributed by atoms with Crippen molar-refractivity contribution in [1.82, 2.24) is 0 Å². The number of thioether (sulfide) groups is 1. The van der Waals surface area contributed by atoms with Crippen LogP contribution in [0.3, 0.4) is 0 Å². The van der Waals surface area contributed by atoms with E-state index < -0.39 is 5.25 Å². The zero-order chi connectivity index (χ0) is 18.7. The number of aliphatic imine (C=N–C) groups is 1. The SMILES string of the molecule is COc1ccccc1N1C(=O)C[C@@H](SC(N)=Nc2ccc(Br)cc2)C1=O. The highest BCUT2D eigenvalue weighted by Gasteiger charge is 2.41.